The second-order valence-corrected chi connectivity index (χ2v) is 22.4. The van der Waals surface area contributed by atoms with Crippen LogP contribution >= 0.6 is 0 Å². The lowest BCUT2D eigenvalue weighted by molar-refractivity contribution is -0.167. The predicted octanol–water partition coefficient (Wildman–Crippen LogP) is 23.7. The van der Waals surface area contributed by atoms with Crippen molar-refractivity contribution < 1.29 is 28.6 Å². The van der Waals surface area contributed by atoms with Crippen molar-refractivity contribution in [2.75, 3.05) is 13.2 Å². The molecule has 0 aliphatic rings. The van der Waals surface area contributed by atoms with Crippen molar-refractivity contribution in [3.8, 4) is 0 Å². The Morgan fingerprint density at radius 3 is 0.744 bits per heavy atom. The van der Waals surface area contributed by atoms with Gasteiger partial charge in [0.05, 0.1) is 0 Å². The van der Waals surface area contributed by atoms with E-state index >= 15 is 0 Å². The van der Waals surface area contributed by atoms with E-state index < -0.39 is 6.10 Å². The minimum atomic E-state index is -0.787. The lowest BCUT2D eigenvalue weighted by Gasteiger charge is -2.18. The Labute approximate surface area is 506 Å². The molecule has 6 nitrogen and oxygen atoms in total. The molecular weight excluding hydrogens is 1010 g/mol. The molecule has 0 radical (unpaired) electrons. The summed E-state index contributed by atoms with van der Waals surface area (Å²) in [5.41, 5.74) is 0. The van der Waals surface area contributed by atoms with Crippen LogP contribution in [0.4, 0.5) is 0 Å². The Balaban J connectivity index is 4.19. The van der Waals surface area contributed by atoms with Gasteiger partial charge in [-0.2, -0.15) is 0 Å². The van der Waals surface area contributed by atoms with Crippen LogP contribution in [0.25, 0.3) is 0 Å². The van der Waals surface area contributed by atoms with Crippen LogP contribution in [0, 0.1) is 0 Å². The van der Waals surface area contributed by atoms with Gasteiger partial charge in [-0.15, -0.1) is 0 Å². The Morgan fingerprint density at radius 2 is 0.476 bits per heavy atom. The maximum atomic E-state index is 12.9. The average Bonchev–Trinajstić information content (AvgIpc) is 3.47. The van der Waals surface area contributed by atoms with Gasteiger partial charge in [-0.25, -0.2) is 0 Å². The van der Waals surface area contributed by atoms with Gasteiger partial charge in [0, 0.05) is 19.3 Å². The van der Waals surface area contributed by atoms with Gasteiger partial charge in [-0.3, -0.25) is 14.4 Å². The number of hydrogen-bond acceptors (Lipinski definition) is 6. The molecular formula is C76H126O6. The third-order valence-corrected chi connectivity index (χ3v) is 14.4. The van der Waals surface area contributed by atoms with Gasteiger partial charge in [0.25, 0.3) is 0 Å². The van der Waals surface area contributed by atoms with E-state index in [2.05, 4.69) is 154 Å². The number of esters is 3. The van der Waals surface area contributed by atoms with Crippen LogP contribution in [0.15, 0.2) is 134 Å². The SMILES string of the molecule is CC/C=C\C/C=C\C/C=C\C/C=C\C/C=C\C/C=C\C/C=C\C/C=C\C/C=C\CCCCCCCCCC(=O)OCC(COC(=O)CCCCCCCCCC)OC(=O)CCCCCCCCCCC/C=C\C/C=C\CCCCCCC. The molecule has 82 heavy (non-hydrogen) atoms. The number of carbonyl (C=O) groups excluding carboxylic acids is 3. The van der Waals surface area contributed by atoms with E-state index in [9.17, 15) is 14.4 Å². The number of rotatable bonds is 61. The molecule has 0 amide bonds. The minimum absolute atomic E-state index is 0.0836. The smallest absolute Gasteiger partial charge is 0.306 e. The van der Waals surface area contributed by atoms with Crippen LogP contribution in [0.5, 0.6) is 0 Å². The number of hydrogen-bond donors (Lipinski definition) is 0. The molecule has 0 N–H and O–H groups in total. The molecule has 0 saturated carbocycles. The lowest BCUT2D eigenvalue weighted by Crippen LogP contribution is -2.30. The molecule has 0 aliphatic heterocycles. The minimum Gasteiger partial charge on any atom is -0.462 e. The van der Waals surface area contributed by atoms with Gasteiger partial charge in [0.2, 0.25) is 0 Å². The normalized spacial score (nSPS) is 13.0. The van der Waals surface area contributed by atoms with E-state index in [4.69, 9.17) is 14.2 Å². The topological polar surface area (TPSA) is 78.9 Å². The molecule has 0 bridgehead atoms. The van der Waals surface area contributed by atoms with Gasteiger partial charge >= 0.3 is 17.9 Å². The summed E-state index contributed by atoms with van der Waals surface area (Å²) in [5.74, 6) is -0.899. The largest absolute Gasteiger partial charge is 0.462 e. The Morgan fingerprint density at radius 1 is 0.256 bits per heavy atom. The zero-order valence-corrected chi connectivity index (χ0v) is 53.5. The fraction of sp³-hybridized carbons (Fsp3) is 0.671. The zero-order chi connectivity index (χ0) is 59.2. The molecule has 0 heterocycles. The molecule has 0 saturated heterocycles. The van der Waals surface area contributed by atoms with Crippen LogP contribution in [0.3, 0.4) is 0 Å². The summed E-state index contributed by atoms with van der Waals surface area (Å²) in [6, 6.07) is 0. The third kappa shape index (κ3) is 66.4. The van der Waals surface area contributed by atoms with Gasteiger partial charge in [-0.1, -0.05) is 302 Å². The first kappa shape index (κ1) is 77.5. The molecule has 0 aromatic rings. The van der Waals surface area contributed by atoms with Crippen molar-refractivity contribution in [1.82, 2.24) is 0 Å². The summed E-state index contributed by atoms with van der Waals surface area (Å²) in [7, 11) is 0. The molecule has 1 unspecified atom stereocenters. The lowest BCUT2D eigenvalue weighted by atomic mass is 10.1. The van der Waals surface area contributed by atoms with Crippen molar-refractivity contribution in [3.63, 3.8) is 0 Å². The highest BCUT2D eigenvalue weighted by atomic mass is 16.6. The van der Waals surface area contributed by atoms with Crippen LogP contribution < -0.4 is 0 Å². The molecule has 6 heteroatoms. The Kier molecular flexibility index (Phi) is 65.3. The van der Waals surface area contributed by atoms with Gasteiger partial charge < -0.3 is 14.2 Å². The van der Waals surface area contributed by atoms with E-state index in [1.54, 1.807) is 0 Å². The van der Waals surface area contributed by atoms with Gasteiger partial charge in [0.1, 0.15) is 13.2 Å². The van der Waals surface area contributed by atoms with Crippen LogP contribution in [0.1, 0.15) is 310 Å². The van der Waals surface area contributed by atoms with E-state index in [1.165, 1.54) is 141 Å². The van der Waals surface area contributed by atoms with Crippen LogP contribution in [-0.4, -0.2) is 37.2 Å². The molecule has 0 fully saturated rings. The third-order valence-electron chi connectivity index (χ3n) is 14.4. The summed E-state index contributed by atoms with van der Waals surface area (Å²) >= 11 is 0. The van der Waals surface area contributed by atoms with E-state index in [-0.39, 0.29) is 31.1 Å². The van der Waals surface area contributed by atoms with Crippen molar-refractivity contribution in [2.45, 2.75) is 316 Å². The molecule has 0 aliphatic carbocycles. The van der Waals surface area contributed by atoms with Crippen molar-refractivity contribution in [1.29, 1.82) is 0 Å². The standard InChI is InChI=1S/C76H126O6/c1-4-7-10-13-16-19-21-23-25-27-29-31-32-33-34-35-36-37-38-39-40-41-42-43-44-46-47-49-51-53-55-57-60-63-66-69-75(78)81-72-73(71-80-74(77)68-65-62-59-18-15-12-9-6-3)82-76(79)70-67-64-61-58-56-54-52-50-48-45-30-28-26-24-22-20-17-14-11-8-5-2/h7,10,16,19,22-25,28-31,33-34,36-37,39-40,42-43,46-47,73H,4-6,8-9,11-15,17-18,20-21,26-27,32,35,38,41,44-45,48-72H2,1-3H3/b10-7-,19-16-,24-22-,25-23-,30-28-,31-29-,34-33-,37-36-,40-39-,43-42-,47-46-. The Hall–Kier alpha value is -4.45. The predicted molar refractivity (Wildman–Crippen MR) is 357 cm³/mol. The second kappa shape index (κ2) is 69.0. The Bertz CT molecular complexity index is 1730. The fourth-order valence-corrected chi connectivity index (χ4v) is 9.29. The monoisotopic (exact) mass is 1130 g/mol. The van der Waals surface area contributed by atoms with Crippen molar-refractivity contribution in [2.24, 2.45) is 0 Å². The number of unbranched alkanes of at least 4 members (excludes halogenated alkanes) is 28. The molecule has 0 spiro atoms. The summed E-state index contributed by atoms with van der Waals surface area (Å²) < 4.78 is 16.9. The number of ether oxygens (including phenoxy) is 3. The molecule has 0 aromatic heterocycles. The highest BCUT2D eigenvalue weighted by molar-refractivity contribution is 5.71. The second-order valence-electron chi connectivity index (χ2n) is 22.4. The number of carbonyl (C=O) groups is 3. The van der Waals surface area contributed by atoms with E-state index in [1.807, 2.05) is 0 Å². The maximum absolute atomic E-state index is 12.9. The van der Waals surface area contributed by atoms with Crippen LogP contribution in [-0.2, 0) is 28.6 Å². The highest BCUT2D eigenvalue weighted by Crippen LogP contribution is 2.16. The quantitative estimate of drug-likeness (QED) is 0.0261. The summed E-state index contributed by atoms with van der Waals surface area (Å²) in [5, 5.41) is 0. The fourth-order valence-electron chi connectivity index (χ4n) is 9.29. The van der Waals surface area contributed by atoms with E-state index in [0.717, 1.165) is 128 Å². The first-order valence-electron chi connectivity index (χ1n) is 34.2. The summed E-state index contributed by atoms with van der Waals surface area (Å²) in [4.78, 5) is 38.2. The molecule has 466 valence electrons. The number of allylic oxidation sites excluding steroid dienone is 22. The summed E-state index contributed by atoms with van der Waals surface area (Å²) in [6.07, 6.45) is 97.7. The van der Waals surface area contributed by atoms with Crippen molar-refractivity contribution in [3.05, 3.63) is 134 Å². The summed E-state index contributed by atoms with van der Waals surface area (Å²) in [6.45, 7) is 6.49. The maximum Gasteiger partial charge on any atom is 0.306 e. The highest BCUT2D eigenvalue weighted by Gasteiger charge is 2.19. The van der Waals surface area contributed by atoms with E-state index in [0.29, 0.717) is 19.3 Å². The molecule has 0 rings (SSSR count). The molecule has 1 atom stereocenters. The first-order chi connectivity index (χ1) is 40.5. The average molecular weight is 1140 g/mol. The van der Waals surface area contributed by atoms with Gasteiger partial charge in [-0.05, 0) is 122 Å². The van der Waals surface area contributed by atoms with Gasteiger partial charge in [0.15, 0.2) is 6.10 Å². The zero-order valence-electron chi connectivity index (χ0n) is 53.5. The van der Waals surface area contributed by atoms with Crippen molar-refractivity contribution >= 4 is 17.9 Å². The molecule has 0 aromatic carbocycles. The first-order valence-corrected chi connectivity index (χ1v) is 34.2. The van der Waals surface area contributed by atoms with Crippen LogP contribution in [0.2, 0.25) is 0 Å².